The summed E-state index contributed by atoms with van der Waals surface area (Å²) in [4.78, 5) is 4.18. The topological polar surface area (TPSA) is 24.9 Å². The third-order valence-electron chi connectivity index (χ3n) is 3.60. The molecular formula is C13H16N2. The Morgan fingerprint density at radius 3 is 3.20 bits per heavy atom. The molecule has 2 atom stereocenters. The summed E-state index contributed by atoms with van der Waals surface area (Å²) in [5, 5.41) is 3.56. The summed E-state index contributed by atoms with van der Waals surface area (Å²) >= 11 is 0. The van der Waals surface area contributed by atoms with Crippen LogP contribution in [0.1, 0.15) is 24.8 Å². The maximum absolute atomic E-state index is 4.18. The van der Waals surface area contributed by atoms with Crippen LogP contribution in [0.4, 0.5) is 0 Å². The lowest BCUT2D eigenvalue weighted by Gasteiger charge is -2.24. The molecule has 0 amide bonds. The smallest absolute Gasteiger partial charge is 0.0342 e. The zero-order chi connectivity index (χ0) is 10.1. The van der Waals surface area contributed by atoms with Crippen LogP contribution in [0.15, 0.2) is 30.6 Å². The average molecular weight is 200 g/mol. The summed E-state index contributed by atoms with van der Waals surface area (Å²) in [5.41, 5.74) is 2.77. The fraction of sp³-hybridized carbons (Fsp3) is 0.462. The second-order valence-corrected chi connectivity index (χ2v) is 4.50. The first kappa shape index (κ1) is 9.10. The van der Waals surface area contributed by atoms with Crippen LogP contribution in [-0.2, 0) is 0 Å². The molecule has 78 valence electrons. The largest absolute Gasteiger partial charge is 0.310 e. The lowest BCUT2D eigenvalue weighted by molar-refractivity contribution is 0.465. The third-order valence-corrected chi connectivity index (χ3v) is 3.60. The van der Waals surface area contributed by atoms with E-state index in [0.717, 1.165) is 5.92 Å². The number of hydrogen-bond acceptors (Lipinski definition) is 2. The molecule has 0 aromatic carbocycles. The predicted octanol–water partition coefficient (Wildman–Crippen LogP) is 2.24. The average Bonchev–Trinajstić information content (AvgIpc) is 2.77. The number of nitrogens with one attached hydrogen (secondary N) is 1. The summed E-state index contributed by atoms with van der Waals surface area (Å²) in [7, 11) is 0. The van der Waals surface area contributed by atoms with Gasteiger partial charge in [-0.25, -0.2) is 0 Å². The molecule has 2 heteroatoms. The van der Waals surface area contributed by atoms with Gasteiger partial charge in [0.2, 0.25) is 0 Å². The van der Waals surface area contributed by atoms with E-state index in [1.807, 2.05) is 18.5 Å². The van der Waals surface area contributed by atoms with Crippen molar-refractivity contribution in [1.82, 2.24) is 10.3 Å². The fourth-order valence-electron chi connectivity index (χ4n) is 2.73. The minimum atomic E-state index is 0.619. The molecule has 1 aromatic rings. The molecule has 15 heavy (non-hydrogen) atoms. The van der Waals surface area contributed by atoms with Gasteiger partial charge in [0.15, 0.2) is 0 Å². The Bertz CT molecular complexity index is 369. The zero-order valence-electron chi connectivity index (χ0n) is 8.82. The molecule has 1 aromatic heterocycles. The number of hydrogen-bond donors (Lipinski definition) is 1. The van der Waals surface area contributed by atoms with Gasteiger partial charge in [0.25, 0.3) is 0 Å². The molecule has 3 rings (SSSR count). The van der Waals surface area contributed by atoms with Crippen molar-refractivity contribution in [1.29, 1.82) is 0 Å². The van der Waals surface area contributed by atoms with E-state index in [2.05, 4.69) is 22.4 Å². The molecule has 1 saturated heterocycles. The molecule has 1 N–H and O–H groups in total. The Kier molecular flexibility index (Phi) is 2.29. The van der Waals surface area contributed by atoms with Crippen LogP contribution in [0.3, 0.4) is 0 Å². The van der Waals surface area contributed by atoms with E-state index in [0.29, 0.717) is 6.04 Å². The summed E-state index contributed by atoms with van der Waals surface area (Å²) in [5.74, 6) is 0.880. The van der Waals surface area contributed by atoms with E-state index >= 15 is 0 Å². The van der Waals surface area contributed by atoms with E-state index < -0.39 is 0 Å². The second-order valence-electron chi connectivity index (χ2n) is 4.50. The van der Waals surface area contributed by atoms with Crippen LogP contribution in [-0.4, -0.2) is 17.6 Å². The van der Waals surface area contributed by atoms with Crippen LogP contribution in [0.25, 0.3) is 5.57 Å². The maximum atomic E-state index is 4.18. The Morgan fingerprint density at radius 1 is 1.33 bits per heavy atom. The highest BCUT2D eigenvalue weighted by molar-refractivity contribution is 5.66. The molecule has 0 radical (unpaired) electrons. The summed E-state index contributed by atoms with van der Waals surface area (Å²) in [6.07, 6.45) is 10.1. The lowest BCUT2D eigenvalue weighted by Crippen LogP contribution is -2.27. The van der Waals surface area contributed by atoms with Crippen molar-refractivity contribution < 1.29 is 0 Å². The van der Waals surface area contributed by atoms with E-state index in [4.69, 9.17) is 0 Å². The summed E-state index contributed by atoms with van der Waals surface area (Å²) < 4.78 is 0. The van der Waals surface area contributed by atoms with Gasteiger partial charge in [0.1, 0.15) is 0 Å². The van der Waals surface area contributed by atoms with Gasteiger partial charge in [-0.05, 0) is 48.9 Å². The Labute approximate surface area is 90.4 Å². The van der Waals surface area contributed by atoms with E-state index in [1.165, 1.54) is 36.9 Å². The molecular weight excluding hydrogens is 184 g/mol. The van der Waals surface area contributed by atoms with Gasteiger partial charge in [-0.15, -0.1) is 0 Å². The Hall–Kier alpha value is -1.15. The first-order chi connectivity index (χ1) is 7.43. The molecule has 1 aliphatic heterocycles. The van der Waals surface area contributed by atoms with Gasteiger partial charge in [-0.3, -0.25) is 4.98 Å². The van der Waals surface area contributed by atoms with Gasteiger partial charge in [0, 0.05) is 18.4 Å². The lowest BCUT2D eigenvalue weighted by atomic mass is 9.84. The second kappa shape index (κ2) is 3.78. The number of allylic oxidation sites excluding steroid dienone is 1. The number of aromatic nitrogens is 1. The molecule has 2 heterocycles. The highest BCUT2D eigenvalue weighted by Crippen LogP contribution is 2.33. The molecule has 2 nitrogen and oxygen atoms in total. The van der Waals surface area contributed by atoms with E-state index in [-0.39, 0.29) is 0 Å². The Morgan fingerprint density at radius 2 is 2.33 bits per heavy atom. The molecule has 1 fully saturated rings. The van der Waals surface area contributed by atoms with E-state index in [9.17, 15) is 0 Å². The first-order valence-corrected chi connectivity index (χ1v) is 5.78. The van der Waals surface area contributed by atoms with Crippen LogP contribution in [0, 0.1) is 5.92 Å². The SMILES string of the molecule is C1=C(c2cccnc2)CCC2CCNC12. The van der Waals surface area contributed by atoms with Crippen molar-refractivity contribution in [2.45, 2.75) is 25.3 Å². The number of fused-ring (bicyclic) bond motifs is 1. The predicted molar refractivity (Wildman–Crippen MR) is 61.3 cm³/mol. The molecule has 0 bridgehead atoms. The third kappa shape index (κ3) is 1.70. The molecule has 2 unspecified atom stereocenters. The van der Waals surface area contributed by atoms with Crippen molar-refractivity contribution in [2.24, 2.45) is 5.92 Å². The van der Waals surface area contributed by atoms with Gasteiger partial charge >= 0.3 is 0 Å². The minimum absolute atomic E-state index is 0.619. The van der Waals surface area contributed by atoms with Crippen molar-refractivity contribution in [3.63, 3.8) is 0 Å². The fourth-order valence-corrected chi connectivity index (χ4v) is 2.73. The zero-order valence-corrected chi connectivity index (χ0v) is 8.82. The summed E-state index contributed by atoms with van der Waals surface area (Å²) in [6.45, 7) is 1.19. The monoisotopic (exact) mass is 200 g/mol. The summed E-state index contributed by atoms with van der Waals surface area (Å²) in [6, 6.07) is 4.80. The standard InChI is InChI=1S/C13H16N2/c1-2-12(9-14-6-1)11-4-3-10-5-7-15-13(10)8-11/h1-2,6,8-10,13,15H,3-5,7H2. The molecule has 2 aliphatic rings. The van der Waals surface area contributed by atoms with Crippen molar-refractivity contribution >= 4 is 5.57 Å². The Balaban J connectivity index is 1.88. The van der Waals surface area contributed by atoms with Crippen LogP contribution < -0.4 is 5.32 Å². The highest BCUT2D eigenvalue weighted by atomic mass is 14.9. The quantitative estimate of drug-likeness (QED) is 0.752. The van der Waals surface area contributed by atoms with Gasteiger partial charge in [-0.2, -0.15) is 0 Å². The highest BCUT2D eigenvalue weighted by Gasteiger charge is 2.28. The molecule has 0 saturated carbocycles. The molecule has 1 aliphatic carbocycles. The van der Waals surface area contributed by atoms with Crippen LogP contribution >= 0.6 is 0 Å². The number of pyridine rings is 1. The maximum Gasteiger partial charge on any atom is 0.0342 e. The minimum Gasteiger partial charge on any atom is -0.310 e. The number of nitrogens with zero attached hydrogens (tertiary/aromatic N) is 1. The first-order valence-electron chi connectivity index (χ1n) is 5.78. The normalized spacial score (nSPS) is 29.7. The van der Waals surface area contributed by atoms with E-state index in [1.54, 1.807) is 0 Å². The van der Waals surface area contributed by atoms with Crippen molar-refractivity contribution in [2.75, 3.05) is 6.54 Å². The number of rotatable bonds is 1. The van der Waals surface area contributed by atoms with Crippen LogP contribution in [0.5, 0.6) is 0 Å². The molecule has 0 spiro atoms. The van der Waals surface area contributed by atoms with Gasteiger partial charge in [-0.1, -0.05) is 12.1 Å². The van der Waals surface area contributed by atoms with Crippen molar-refractivity contribution in [3.8, 4) is 0 Å². The van der Waals surface area contributed by atoms with Gasteiger partial charge < -0.3 is 5.32 Å². The van der Waals surface area contributed by atoms with Gasteiger partial charge in [0.05, 0.1) is 0 Å². The van der Waals surface area contributed by atoms with Crippen molar-refractivity contribution in [3.05, 3.63) is 36.2 Å². The van der Waals surface area contributed by atoms with Crippen LogP contribution in [0.2, 0.25) is 0 Å².